The van der Waals surface area contributed by atoms with E-state index in [-0.39, 0.29) is 0 Å². The van der Waals surface area contributed by atoms with Gasteiger partial charge < -0.3 is 5.32 Å². The smallest absolute Gasteiger partial charge is 0.314 e. The molecule has 1 aliphatic rings. The van der Waals surface area contributed by atoms with Gasteiger partial charge in [0.05, 0.1) is 0 Å². The van der Waals surface area contributed by atoms with Gasteiger partial charge in [-0.05, 0) is 0 Å². The molecule has 0 bridgehead atoms. The van der Waals surface area contributed by atoms with E-state index in [4.69, 9.17) is 4.55 Å². The summed E-state index contributed by atoms with van der Waals surface area (Å²) in [4.78, 5) is 0. The molecule has 1 aromatic carbocycles. The summed E-state index contributed by atoms with van der Waals surface area (Å²) in [5.41, 5.74) is 0. The van der Waals surface area contributed by atoms with E-state index in [1.165, 1.54) is 0 Å². The summed E-state index contributed by atoms with van der Waals surface area (Å²) < 4.78 is 30.4. The predicted molar refractivity (Wildman–Crippen MR) is 62.4 cm³/mol. The molecular formula is C10H16N2O3S. The van der Waals surface area contributed by atoms with Gasteiger partial charge in [0.2, 0.25) is 0 Å². The average molecular weight is 244 g/mol. The van der Waals surface area contributed by atoms with Crippen molar-refractivity contribution in [2.75, 3.05) is 26.2 Å². The molecule has 2 rings (SSSR count). The Morgan fingerprint density at radius 3 is 1.56 bits per heavy atom. The Kier molecular flexibility index (Phi) is 5.41. The number of nitrogens with one attached hydrogen (secondary N) is 1. The third-order valence-electron chi connectivity index (χ3n) is 2.07. The summed E-state index contributed by atoms with van der Waals surface area (Å²) in [5, 5.41) is 2.97. The van der Waals surface area contributed by atoms with Crippen LogP contribution in [0.1, 0.15) is 0 Å². The summed E-state index contributed by atoms with van der Waals surface area (Å²) in [5.74, 6) is 0. The third kappa shape index (κ3) is 5.22. The summed E-state index contributed by atoms with van der Waals surface area (Å²) in [6.07, 6.45) is 0. The maximum Gasteiger partial charge on any atom is 0.335 e. The van der Waals surface area contributed by atoms with Crippen LogP contribution in [0.25, 0.3) is 0 Å². The first kappa shape index (κ1) is 13.1. The molecule has 1 heterocycles. The van der Waals surface area contributed by atoms with E-state index in [9.17, 15) is 8.42 Å². The van der Waals surface area contributed by atoms with Crippen LogP contribution in [0.4, 0.5) is 0 Å². The topological polar surface area (TPSA) is 69.6 Å². The largest absolute Gasteiger partial charge is 0.335 e. The Balaban J connectivity index is 0.000000181. The normalized spacial score (nSPS) is 17.3. The first-order chi connectivity index (χ1) is 7.61. The highest BCUT2D eigenvalue weighted by Gasteiger charge is 2.19. The minimum atomic E-state index is -3.93. The van der Waals surface area contributed by atoms with Gasteiger partial charge in [-0.3, -0.25) is 4.55 Å². The second kappa shape index (κ2) is 6.59. The molecule has 2 N–H and O–H groups in total. The highest BCUT2D eigenvalue weighted by Crippen LogP contribution is 1.97. The molecule has 0 spiro atoms. The zero-order valence-corrected chi connectivity index (χ0v) is 9.73. The maximum atomic E-state index is 10.4. The Bertz CT molecular complexity index is 348. The van der Waals surface area contributed by atoms with Crippen molar-refractivity contribution in [1.82, 2.24) is 9.62 Å². The first-order valence-corrected chi connectivity index (χ1v) is 6.44. The minimum absolute atomic E-state index is 0.360. The van der Waals surface area contributed by atoms with Crippen LogP contribution in [-0.2, 0) is 10.3 Å². The van der Waals surface area contributed by atoms with Crippen LogP contribution < -0.4 is 5.32 Å². The second-order valence-corrected chi connectivity index (χ2v) is 4.69. The average Bonchev–Trinajstić information content (AvgIpc) is 2.32. The van der Waals surface area contributed by atoms with Crippen molar-refractivity contribution < 1.29 is 13.0 Å². The lowest BCUT2D eigenvalue weighted by Crippen LogP contribution is -2.46. The highest BCUT2D eigenvalue weighted by molar-refractivity contribution is 7.83. The fourth-order valence-corrected chi connectivity index (χ4v) is 1.90. The summed E-state index contributed by atoms with van der Waals surface area (Å²) in [6, 6.07) is 12.0. The van der Waals surface area contributed by atoms with Gasteiger partial charge in [0.25, 0.3) is 0 Å². The van der Waals surface area contributed by atoms with E-state index < -0.39 is 10.3 Å². The highest BCUT2D eigenvalue weighted by atomic mass is 32.2. The van der Waals surface area contributed by atoms with Crippen molar-refractivity contribution in [2.45, 2.75) is 0 Å². The molecule has 16 heavy (non-hydrogen) atoms. The van der Waals surface area contributed by atoms with E-state index >= 15 is 0 Å². The number of rotatable bonds is 1. The quantitative estimate of drug-likeness (QED) is 0.701. The lowest BCUT2D eigenvalue weighted by atomic mass is 10.4. The van der Waals surface area contributed by atoms with Crippen LogP contribution in [-0.4, -0.2) is 43.5 Å². The van der Waals surface area contributed by atoms with Crippen molar-refractivity contribution >= 4 is 10.3 Å². The van der Waals surface area contributed by atoms with Gasteiger partial charge in [-0.25, -0.2) is 0 Å². The van der Waals surface area contributed by atoms with Gasteiger partial charge in [0.1, 0.15) is 0 Å². The molecule has 6 heteroatoms. The molecule has 5 nitrogen and oxygen atoms in total. The van der Waals surface area contributed by atoms with Gasteiger partial charge in [-0.15, -0.1) is 0 Å². The zero-order valence-electron chi connectivity index (χ0n) is 8.91. The maximum absolute atomic E-state index is 10.4. The molecule has 0 saturated carbocycles. The Morgan fingerprint density at radius 2 is 1.31 bits per heavy atom. The molecule has 90 valence electrons. The van der Waals surface area contributed by atoms with Crippen LogP contribution in [0.15, 0.2) is 36.4 Å². The molecule has 1 aliphatic heterocycles. The van der Waals surface area contributed by atoms with Gasteiger partial charge in [-0.1, -0.05) is 36.4 Å². The summed E-state index contributed by atoms with van der Waals surface area (Å²) in [6.45, 7) is 1.94. The number of hydrogen-bond acceptors (Lipinski definition) is 3. The molecular weight excluding hydrogens is 228 g/mol. The molecule has 1 fully saturated rings. The SMILES string of the molecule is O=S(=O)(O)N1CCNCC1.c1ccccc1. The minimum Gasteiger partial charge on any atom is -0.314 e. The van der Waals surface area contributed by atoms with E-state index in [1.807, 2.05) is 36.4 Å². The third-order valence-corrected chi connectivity index (χ3v) is 3.09. The van der Waals surface area contributed by atoms with Gasteiger partial charge in [0.15, 0.2) is 0 Å². The summed E-state index contributed by atoms with van der Waals surface area (Å²) in [7, 11) is -3.93. The molecule has 1 aromatic rings. The van der Waals surface area contributed by atoms with Crippen LogP contribution in [0.5, 0.6) is 0 Å². The fraction of sp³-hybridized carbons (Fsp3) is 0.400. The Labute approximate surface area is 96.0 Å². The Hall–Kier alpha value is -0.950. The monoisotopic (exact) mass is 244 g/mol. The van der Waals surface area contributed by atoms with Gasteiger partial charge in [-0.2, -0.15) is 12.7 Å². The standard InChI is InChI=1S/C6H6.C4H10N2O3S/c1-2-4-6-5-3-1;7-10(8,9)6-3-1-5-2-4-6/h1-6H;5H,1-4H2,(H,7,8,9). The van der Waals surface area contributed by atoms with Crippen molar-refractivity contribution in [3.05, 3.63) is 36.4 Å². The Morgan fingerprint density at radius 1 is 0.938 bits per heavy atom. The molecule has 0 unspecified atom stereocenters. The van der Waals surface area contributed by atoms with Crippen molar-refractivity contribution in [1.29, 1.82) is 0 Å². The van der Waals surface area contributed by atoms with Gasteiger partial charge >= 0.3 is 10.3 Å². The van der Waals surface area contributed by atoms with Crippen molar-refractivity contribution in [3.8, 4) is 0 Å². The lowest BCUT2D eigenvalue weighted by Gasteiger charge is -2.23. The van der Waals surface area contributed by atoms with E-state index in [0.29, 0.717) is 26.2 Å². The van der Waals surface area contributed by atoms with E-state index in [0.717, 1.165) is 4.31 Å². The van der Waals surface area contributed by atoms with Crippen molar-refractivity contribution in [2.24, 2.45) is 0 Å². The number of benzene rings is 1. The number of hydrogen-bond donors (Lipinski definition) is 2. The molecule has 0 atom stereocenters. The zero-order chi connectivity index (χ0) is 11.9. The molecule has 0 radical (unpaired) electrons. The number of nitrogens with zero attached hydrogens (tertiary/aromatic N) is 1. The van der Waals surface area contributed by atoms with Crippen molar-refractivity contribution in [3.63, 3.8) is 0 Å². The van der Waals surface area contributed by atoms with Crippen LogP contribution in [0, 0.1) is 0 Å². The van der Waals surface area contributed by atoms with E-state index in [2.05, 4.69) is 5.32 Å². The molecule has 0 aromatic heterocycles. The van der Waals surface area contributed by atoms with Crippen LogP contribution >= 0.6 is 0 Å². The predicted octanol–water partition coefficient (Wildman–Crippen LogP) is 0.381. The molecule has 0 amide bonds. The second-order valence-electron chi connectivity index (χ2n) is 3.28. The van der Waals surface area contributed by atoms with E-state index in [1.54, 1.807) is 0 Å². The van der Waals surface area contributed by atoms with Crippen LogP contribution in [0.2, 0.25) is 0 Å². The van der Waals surface area contributed by atoms with Gasteiger partial charge in [0, 0.05) is 26.2 Å². The summed E-state index contributed by atoms with van der Waals surface area (Å²) >= 11 is 0. The number of piperazine rings is 1. The van der Waals surface area contributed by atoms with Crippen LogP contribution in [0.3, 0.4) is 0 Å². The first-order valence-electron chi connectivity index (χ1n) is 5.04. The molecule has 1 saturated heterocycles. The molecule has 0 aliphatic carbocycles. The fourth-order valence-electron chi connectivity index (χ4n) is 1.26. The lowest BCUT2D eigenvalue weighted by molar-refractivity contribution is 0.319.